The minimum absolute atomic E-state index is 0.0993. The molecule has 1 saturated heterocycles. The van der Waals surface area contributed by atoms with Crippen molar-refractivity contribution in [2.75, 3.05) is 19.6 Å². The van der Waals surface area contributed by atoms with Gasteiger partial charge in [0.2, 0.25) is 0 Å². The predicted octanol–water partition coefficient (Wildman–Crippen LogP) is 1.44. The maximum atomic E-state index is 11.9. The third-order valence-electron chi connectivity index (χ3n) is 3.66. The normalized spacial score (nSPS) is 18.5. The molecule has 1 amide bonds. The Balaban J connectivity index is 1.91. The Hall–Kier alpha value is -1.01. The number of aromatic nitrogens is 2. The number of carbonyl (C=O) groups excluding carboxylic acids is 1. The summed E-state index contributed by atoms with van der Waals surface area (Å²) in [6.07, 6.45) is 6.13. The fourth-order valence-corrected chi connectivity index (χ4v) is 3.04. The van der Waals surface area contributed by atoms with Crippen molar-refractivity contribution in [1.82, 2.24) is 19.4 Å². The quantitative estimate of drug-likeness (QED) is 0.848. The van der Waals surface area contributed by atoms with Crippen LogP contribution in [0.2, 0.25) is 0 Å². The van der Waals surface area contributed by atoms with Crippen LogP contribution in [0, 0.1) is 5.41 Å². The summed E-state index contributed by atoms with van der Waals surface area (Å²) in [7, 11) is 0. The van der Waals surface area contributed by atoms with Crippen LogP contribution in [0.5, 0.6) is 0 Å². The van der Waals surface area contributed by atoms with E-state index in [0.29, 0.717) is 5.69 Å². The molecule has 5 nitrogen and oxygen atoms in total. The van der Waals surface area contributed by atoms with Crippen molar-refractivity contribution in [2.24, 2.45) is 5.41 Å². The summed E-state index contributed by atoms with van der Waals surface area (Å²) in [6.45, 7) is 5.05. The zero-order valence-electron chi connectivity index (χ0n) is 10.7. The number of nitrogens with zero attached hydrogens (tertiary/aromatic N) is 2. The van der Waals surface area contributed by atoms with Crippen LogP contribution in [0.15, 0.2) is 6.20 Å². The predicted molar refractivity (Wildman–Crippen MR) is 71.7 cm³/mol. The van der Waals surface area contributed by atoms with Crippen molar-refractivity contribution in [3.63, 3.8) is 0 Å². The summed E-state index contributed by atoms with van der Waals surface area (Å²) in [5.41, 5.74) is 0.694. The molecular weight excluding hydrogens is 248 g/mol. The molecule has 0 bridgehead atoms. The third-order valence-corrected chi connectivity index (χ3v) is 4.14. The van der Waals surface area contributed by atoms with Gasteiger partial charge in [0, 0.05) is 6.54 Å². The van der Waals surface area contributed by atoms with Gasteiger partial charge in [0.1, 0.15) is 0 Å². The van der Waals surface area contributed by atoms with Gasteiger partial charge < -0.3 is 10.6 Å². The summed E-state index contributed by atoms with van der Waals surface area (Å²) >= 11 is 1.07. The number of rotatable bonds is 5. The molecule has 6 heteroatoms. The molecule has 1 aromatic rings. The number of carbonyl (C=O) groups is 1. The van der Waals surface area contributed by atoms with E-state index in [-0.39, 0.29) is 11.3 Å². The fourth-order valence-electron chi connectivity index (χ4n) is 2.63. The smallest absolute Gasteiger partial charge is 0.272 e. The van der Waals surface area contributed by atoms with Gasteiger partial charge in [-0.3, -0.25) is 4.79 Å². The SMILES string of the molecule is CCCC1(CNC(=O)c2cnsn2)CCNCC1. The Morgan fingerprint density at radius 3 is 2.94 bits per heavy atom. The lowest BCUT2D eigenvalue weighted by Gasteiger charge is -2.37. The number of hydrogen-bond acceptors (Lipinski definition) is 5. The van der Waals surface area contributed by atoms with E-state index in [9.17, 15) is 4.79 Å². The molecule has 0 spiro atoms. The topological polar surface area (TPSA) is 66.9 Å². The molecule has 0 unspecified atom stereocenters. The molecule has 0 aromatic carbocycles. The maximum absolute atomic E-state index is 11.9. The largest absolute Gasteiger partial charge is 0.350 e. The van der Waals surface area contributed by atoms with Crippen LogP contribution in [-0.4, -0.2) is 34.3 Å². The second kappa shape index (κ2) is 6.24. The number of amides is 1. The van der Waals surface area contributed by atoms with Crippen molar-refractivity contribution in [3.8, 4) is 0 Å². The molecule has 2 N–H and O–H groups in total. The van der Waals surface area contributed by atoms with Crippen molar-refractivity contribution in [2.45, 2.75) is 32.6 Å². The number of piperidine rings is 1. The lowest BCUT2D eigenvalue weighted by Crippen LogP contribution is -2.44. The summed E-state index contributed by atoms with van der Waals surface area (Å²) in [6, 6.07) is 0. The van der Waals surface area contributed by atoms with Gasteiger partial charge in [0.15, 0.2) is 5.69 Å². The summed E-state index contributed by atoms with van der Waals surface area (Å²) in [4.78, 5) is 11.9. The standard InChI is InChI=1S/C12H20N4OS/c1-2-3-12(4-6-13-7-5-12)9-14-11(17)10-8-15-18-16-10/h8,13H,2-7,9H2,1H3,(H,14,17). The van der Waals surface area contributed by atoms with Gasteiger partial charge in [0.05, 0.1) is 17.9 Å². The Morgan fingerprint density at radius 1 is 1.56 bits per heavy atom. The number of nitrogens with one attached hydrogen (secondary N) is 2. The molecule has 100 valence electrons. The summed E-state index contributed by atoms with van der Waals surface area (Å²) in [5.74, 6) is -0.0993. The van der Waals surface area contributed by atoms with Crippen LogP contribution in [-0.2, 0) is 0 Å². The van der Waals surface area contributed by atoms with Crippen molar-refractivity contribution in [1.29, 1.82) is 0 Å². The molecule has 0 radical (unpaired) electrons. The average molecular weight is 268 g/mol. The Kier molecular flexibility index (Phi) is 4.66. The molecule has 0 saturated carbocycles. The second-order valence-corrected chi connectivity index (χ2v) is 5.53. The van der Waals surface area contributed by atoms with Gasteiger partial charge >= 0.3 is 0 Å². The van der Waals surface area contributed by atoms with E-state index in [1.165, 1.54) is 12.6 Å². The molecule has 0 atom stereocenters. The lowest BCUT2D eigenvalue weighted by atomic mass is 9.75. The van der Waals surface area contributed by atoms with Crippen molar-refractivity contribution in [3.05, 3.63) is 11.9 Å². The highest BCUT2D eigenvalue weighted by Crippen LogP contribution is 2.33. The van der Waals surface area contributed by atoms with Crippen LogP contribution >= 0.6 is 11.7 Å². The fraction of sp³-hybridized carbons (Fsp3) is 0.750. The van der Waals surface area contributed by atoms with E-state index in [2.05, 4.69) is 26.3 Å². The molecule has 2 heterocycles. The molecule has 1 aliphatic rings. The molecule has 18 heavy (non-hydrogen) atoms. The molecule has 1 fully saturated rings. The highest BCUT2D eigenvalue weighted by Gasteiger charge is 2.31. The zero-order valence-corrected chi connectivity index (χ0v) is 11.6. The third kappa shape index (κ3) is 3.26. The summed E-state index contributed by atoms with van der Waals surface area (Å²) < 4.78 is 7.81. The monoisotopic (exact) mass is 268 g/mol. The van der Waals surface area contributed by atoms with E-state index >= 15 is 0 Å². The first-order chi connectivity index (χ1) is 8.76. The van der Waals surface area contributed by atoms with Crippen LogP contribution in [0.1, 0.15) is 43.1 Å². The molecular formula is C12H20N4OS. The van der Waals surface area contributed by atoms with E-state index in [1.54, 1.807) is 0 Å². The highest BCUT2D eigenvalue weighted by atomic mass is 32.1. The van der Waals surface area contributed by atoms with Gasteiger partial charge in [-0.1, -0.05) is 13.3 Å². The minimum Gasteiger partial charge on any atom is -0.350 e. The van der Waals surface area contributed by atoms with Crippen LogP contribution in [0.3, 0.4) is 0 Å². The van der Waals surface area contributed by atoms with Gasteiger partial charge in [-0.15, -0.1) is 0 Å². The van der Waals surface area contributed by atoms with Crippen molar-refractivity contribution < 1.29 is 4.79 Å². The van der Waals surface area contributed by atoms with Gasteiger partial charge in [-0.05, 0) is 37.8 Å². The Morgan fingerprint density at radius 2 is 2.33 bits per heavy atom. The zero-order chi connectivity index (χ0) is 12.8. The lowest BCUT2D eigenvalue weighted by molar-refractivity contribution is 0.0902. The van der Waals surface area contributed by atoms with Gasteiger partial charge in [0.25, 0.3) is 5.91 Å². The first-order valence-electron chi connectivity index (χ1n) is 6.52. The number of hydrogen-bond donors (Lipinski definition) is 2. The van der Waals surface area contributed by atoms with Gasteiger partial charge in [-0.2, -0.15) is 8.75 Å². The first-order valence-corrected chi connectivity index (χ1v) is 7.25. The van der Waals surface area contributed by atoms with E-state index in [1.807, 2.05) is 0 Å². The van der Waals surface area contributed by atoms with E-state index < -0.39 is 0 Å². The first kappa shape index (κ1) is 13.4. The van der Waals surface area contributed by atoms with E-state index in [4.69, 9.17) is 0 Å². The van der Waals surface area contributed by atoms with Crippen LogP contribution < -0.4 is 10.6 Å². The van der Waals surface area contributed by atoms with E-state index in [0.717, 1.165) is 50.6 Å². The maximum Gasteiger partial charge on any atom is 0.272 e. The van der Waals surface area contributed by atoms with Crippen LogP contribution in [0.4, 0.5) is 0 Å². The van der Waals surface area contributed by atoms with Gasteiger partial charge in [-0.25, -0.2) is 0 Å². The summed E-state index contributed by atoms with van der Waals surface area (Å²) in [5, 5.41) is 6.40. The average Bonchev–Trinajstić information content (AvgIpc) is 2.91. The van der Waals surface area contributed by atoms with Crippen LogP contribution in [0.25, 0.3) is 0 Å². The minimum atomic E-state index is -0.0993. The highest BCUT2D eigenvalue weighted by molar-refractivity contribution is 6.99. The molecule has 1 aliphatic heterocycles. The molecule has 2 rings (SSSR count). The molecule has 0 aliphatic carbocycles. The van der Waals surface area contributed by atoms with Crippen molar-refractivity contribution >= 4 is 17.6 Å². The Labute approximate surface area is 112 Å². The molecule has 1 aromatic heterocycles. The Bertz CT molecular complexity index is 368. The second-order valence-electron chi connectivity index (χ2n) is 4.98.